The van der Waals surface area contributed by atoms with Gasteiger partial charge in [0.15, 0.2) is 0 Å². The van der Waals surface area contributed by atoms with E-state index in [1.165, 1.54) is 37.7 Å². The van der Waals surface area contributed by atoms with Crippen LogP contribution in [0, 0.1) is 5.92 Å². The van der Waals surface area contributed by atoms with Gasteiger partial charge in [-0.1, -0.05) is 31.4 Å². The molecule has 1 fully saturated rings. The Bertz CT molecular complexity index is 524. The van der Waals surface area contributed by atoms with Crippen LogP contribution in [0.25, 0.3) is 5.69 Å². The van der Waals surface area contributed by atoms with Crippen LogP contribution in [0.1, 0.15) is 50.6 Å². The molecule has 1 saturated carbocycles. The summed E-state index contributed by atoms with van der Waals surface area (Å²) in [6, 6.07) is 9.18. The molecule has 0 aliphatic heterocycles. The Balaban J connectivity index is 1.55. The van der Waals surface area contributed by atoms with E-state index in [4.69, 9.17) is 0 Å². The molecule has 1 aliphatic carbocycles. The van der Waals surface area contributed by atoms with E-state index in [1.807, 2.05) is 23.3 Å². The molecule has 21 heavy (non-hydrogen) atoms. The van der Waals surface area contributed by atoms with Gasteiger partial charge in [0.2, 0.25) is 0 Å². The molecule has 2 aromatic rings. The van der Waals surface area contributed by atoms with Crippen molar-refractivity contribution >= 4 is 0 Å². The van der Waals surface area contributed by atoms with Gasteiger partial charge < -0.3 is 9.88 Å². The van der Waals surface area contributed by atoms with Crippen molar-refractivity contribution in [3.05, 3.63) is 48.5 Å². The number of imidazole rings is 1. The van der Waals surface area contributed by atoms with E-state index in [0.29, 0.717) is 6.04 Å². The van der Waals surface area contributed by atoms with Gasteiger partial charge in [-0.05, 0) is 49.9 Å². The van der Waals surface area contributed by atoms with Crippen molar-refractivity contribution in [2.75, 3.05) is 6.54 Å². The lowest BCUT2D eigenvalue weighted by Gasteiger charge is -2.24. The highest BCUT2D eigenvalue weighted by Crippen LogP contribution is 2.24. The molecule has 1 aromatic heterocycles. The van der Waals surface area contributed by atoms with Crippen molar-refractivity contribution in [2.24, 2.45) is 5.92 Å². The molecule has 3 rings (SSSR count). The van der Waals surface area contributed by atoms with Crippen molar-refractivity contribution in [1.29, 1.82) is 0 Å². The van der Waals surface area contributed by atoms with E-state index >= 15 is 0 Å². The lowest BCUT2D eigenvalue weighted by Crippen LogP contribution is -2.27. The highest BCUT2D eigenvalue weighted by Gasteiger charge is 2.14. The van der Waals surface area contributed by atoms with E-state index in [9.17, 15) is 0 Å². The van der Waals surface area contributed by atoms with Crippen molar-refractivity contribution in [3.63, 3.8) is 0 Å². The minimum Gasteiger partial charge on any atom is -0.310 e. The number of hydrogen-bond donors (Lipinski definition) is 1. The summed E-state index contributed by atoms with van der Waals surface area (Å²) in [4.78, 5) is 4.09. The Morgan fingerprint density at radius 2 is 1.95 bits per heavy atom. The predicted octanol–water partition coefficient (Wildman–Crippen LogP) is 4.10. The lowest BCUT2D eigenvalue weighted by atomic mass is 9.89. The lowest BCUT2D eigenvalue weighted by molar-refractivity contribution is 0.331. The Morgan fingerprint density at radius 3 is 2.62 bits per heavy atom. The second kappa shape index (κ2) is 6.90. The maximum atomic E-state index is 4.09. The third-order valence-corrected chi connectivity index (χ3v) is 4.63. The number of hydrogen-bond acceptors (Lipinski definition) is 2. The zero-order valence-electron chi connectivity index (χ0n) is 12.8. The quantitative estimate of drug-likeness (QED) is 0.895. The summed E-state index contributed by atoms with van der Waals surface area (Å²) < 4.78 is 2.03. The summed E-state index contributed by atoms with van der Waals surface area (Å²) >= 11 is 0. The van der Waals surface area contributed by atoms with Crippen molar-refractivity contribution < 1.29 is 0 Å². The molecule has 1 aromatic carbocycles. The monoisotopic (exact) mass is 283 g/mol. The summed E-state index contributed by atoms with van der Waals surface area (Å²) in [6.07, 6.45) is 12.7. The molecule has 0 radical (unpaired) electrons. The van der Waals surface area contributed by atoms with Gasteiger partial charge in [0.1, 0.15) is 0 Å². The minimum absolute atomic E-state index is 0.420. The standard InChI is InChI=1S/C18H25N3/c1-15(20-13-16-5-3-2-4-6-16)17-7-9-18(10-8-17)21-12-11-19-14-21/h7-12,14-16,20H,2-6,13H2,1H3. The highest BCUT2D eigenvalue weighted by atomic mass is 15.0. The first kappa shape index (κ1) is 14.3. The molecule has 1 aliphatic rings. The average molecular weight is 283 g/mol. The molecule has 0 amide bonds. The summed E-state index contributed by atoms with van der Waals surface area (Å²) in [6.45, 7) is 3.42. The van der Waals surface area contributed by atoms with Crippen molar-refractivity contribution in [1.82, 2.24) is 14.9 Å². The van der Waals surface area contributed by atoms with Crippen LogP contribution < -0.4 is 5.32 Å². The van der Waals surface area contributed by atoms with E-state index in [-0.39, 0.29) is 0 Å². The maximum Gasteiger partial charge on any atom is 0.0991 e. The van der Waals surface area contributed by atoms with Gasteiger partial charge >= 0.3 is 0 Å². The van der Waals surface area contributed by atoms with E-state index < -0.39 is 0 Å². The Kier molecular flexibility index (Phi) is 4.71. The Morgan fingerprint density at radius 1 is 1.19 bits per heavy atom. The van der Waals surface area contributed by atoms with Crippen molar-refractivity contribution in [3.8, 4) is 5.69 Å². The van der Waals surface area contributed by atoms with Crippen LogP contribution in [0.4, 0.5) is 0 Å². The SMILES string of the molecule is CC(NCC1CCCCC1)c1ccc(-n2ccnc2)cc1. The van der Waals surface area contributed by atoms with Gasteiger partial charge in [-0.2, -0.15) is 0 Å². The fourth-order valence-corrected chi connectivity index (χ4v) is 3.20. The first-order valence-corrected chi connectivity index (χ1v) is 8.14. The van der Waals surface area contributed by atoms with E-state index in [2.05, 4.69) is 41.5 Å². The molecule has 0 spiro atoms. The Hall–Kier alpha value is -1.61. The fourth-order valence-electron chi connectivity index (χ4n) is 3.20. The number of aromatic nitrogens is 2. The van der Waals surface area contributed by atoms with Crippen LogP contribution >= 0.6 is 0 Å². The maximum absolute atomic E-state index is 4.09. The molecule has 3 heteroatoms. The van der Waals surface area contributed by atoms with Crippen LogP contribution in [0.15, 0.2) is 43.0 Å². The van der Waals surface area contributed by atoms with Crippen LogP contribution in [0.2, 0.25) is 0 Å². The van der Waals surface area contributed by atoms with Gasteiger partial charge in [-0.15, -0.1) is 0 Å². The van der Waals surface area contributed by atoms with Crippen molar-refractivity contribution in [2.45, 2.75) is 45.1 Å². The summed E-state index contributed by atoms with van der Waals surface area (Å²) in [5.74, 6) is 0.881. The molecular formula is C18H25N3. The number of nitrogens with one attached hydrogen (secondary N) is 1. The van der Waals surface area contributed by atoms with Gasteiger partial charge in [0.25, 0.3) is 0 Å². The molecular weight excluding hydrogens is 258 g/mol. The summed E-state index contributed by atoms with van der Waals surface area (Å²) in [5, 5.41) is 3.70. The molecule has 1 unspecified atom stereocenters. The van der Waals surface area contributed by atoms with Crippen LogP contribution in [-0.2, 0) is 0 Å². The number of rotatable bonds is 5. The molecule has 0 bridgehead atoms. The molecule has 1 heterocycles. The zero-order valence-corrected chi connectivity index (χ0v) is 12.8. The zero-order chi connectivity index (χ0) is 14.5. The topological polar surface area (TPSA) is 29.9 Å². The van der Waals surface area contributed by atoms with Crippen LogP contribution in [-0.4, -0.2) is 16.1 Å². The molecule has 1 atom stereocenters. The highest BCUT2D eigenvalue weighted by molar-refractivity contribution is 5.35. The minimum atomic E-state index is 0.420. The normalized spacial score (nSPS) is 17.8. The number of benzene rings is 1. The molecule has 3 nitrogen and oxygen atoms in total. The molecule has 1 N–H and O–H groups in total. The third kappa shape index (κ3) is 3.73. The average Bonchev–Trinajstić information content (AvgIpc) is 3.08. The first-order valence-electron chi connectivity index (χ1n) is 8.14. The smallest absolute Gasteiger partial charge is 0.0991 e. The third-order valence-electron chi connectivity index (χ3n) is 4.63. The summed E-state index contributed by atoms with van der Waals surface area (Å²) in [5.41, 5.74) is 2.52. The van der Waals surface area contributed by atoms with E-state index in [1.54, 1.807) is 0 Å². The predicted molar refractivity (Wildman–Crippen MR) is 86.6 cm³/mol. The van der Waals surface area contributed by atoms with Gasteiger partial charge in [0.05, 0.1) is 6.33 Å². The Labute approximate surface area is 127 Å². The van der Waals surface area contributed by atoms with Gasteiger partial charge in [-0.3, -0.25) is 0 Å². The molecule has 112 valence electrons. The van der Waals surface area contributed by atoms with Gasteiger partial charge in [0, 0.05) is 24.1 Å². The second-order valence-electron chi connectivity index (χ2n) is 6.20. The van der Waals surface area contributed by atoms with Crippen LogP contribution in [0.3, 0.4) is 0 Å². The number of nitrogens with zero attached hydrogens (tertiary/aromatic N) is 2. The fraction of sp³-hybridized carbons (Fsp3) is 0.500. The molecule has 0 saturated heterocycles. The largest absolute Gasteiger partial charge is 0.310 e. The van der Waals surface area contributed by atoms with Gasteiger partial charge in [-0.25, -0.2) is 4.98 Å². The van der Waals surface area contributed by atoms with Crippen LogP contribution in [0.5, 0.6) is 0 Å². The first-order chi connectivity index (χ1) is 10.3. The second-order valence-corrected chi connectivity index (χ2v) is 6.20. The van der Waals surface area contributed by atoms with E-state index in [0.717, 1.165) is 18.2 Å². The summed E-state index contributed by atoms with van der Waals surface area (Å²) in [7, 11) is 0.